The van der Waals surface area contributed by atoms with E-state index < -0.39 is 10.1 Å². The molecule has 124 valence electrons. The van der Waals surface area contributed by atoms with Crippen molar-refractivity contribution in [2.24, 2.45) is 7.05 Å². The molecule has 0 radical (unpaired) electrons. The van der Waals surface area contributed by atoms with Crippen LogP contribution in [0.1, 0.15) is 6.92 Å². The first-order valence-electron chi connectivity index (χ1n) is 7.08. The largest absolute Gasteiger partial charge is 0.379 e. The molecule has 1 N–H and O–H groups in total. The van der Waals surface area contributed by atoms with Gasteiger partial charge in [0.05, 0.1) is 17.4 Å². The molecule has 1 amide bonds. The maximum atomic E-state index is 12.3. The van der Waals surface area contributed by atoms with Crippen molar-refractivity contribution >= 4 is 32.7 Å². The quantitative estimate of drug-likeness (QED) is 0.733. The van der Waals surface area contributed by atoms with Gasteiger partial charge in [-0.25, -0.2) is 4.98 Å². The van der Waals surface area contributed by atoms with Gasteiger partial charge in [0.2, 0.25) is 5.91 Å². The normalized spacial score (nSPS) is 11.4. The zero-order valence-electron chi connectivity index (χ0n) is 13.1. The Balaban J connectivity index is 1.85. The topological polar surface area (TPSA) is 90.3 Å². The number of anilines is 1. The van der Waals surface area contributed by atoms with Crippen LogP contribution < -0.4 is 9.50 Å². The monoisotopic (exact) mass is 345 g/mol. The molecule has 0 fully saturated rings. The van der Waals surface area contributed by atoms with Crippen LogP contribution in [0, 0.1) is 0 Å². The molecule has 3 rings (SSSR count). The van der Waals surface area contributed by atoms with E-state index >= 15 is 0 Å². The first kappa shape index (κ1) is 16.0. The first-order chi connectivity index (χ1) is 11.3. The predicted molar refractivity (Wildman–Crippen MR) is 89.3 cm³/mol. The zero-order chi connectivity index (χ0) is 17.3. The highest BCUT2D eigenvalue weighted by molar-refractivity contribution is 7.87. The van der Waals surface area contributed by atoms with Gasteiger partial charge in [-0.3, -0.25) is 4.79 Å². The van der Waals surface area contributed by atoms with Crippen LogP contribution in [0.3, 0.4) is 0 Å². The average molecular weight is 345 g/mol. The van der Waals surface area contributed by atoms with Gasteiger partial charge in [-0.05, 0) is 36.4 Å². The molecule has 0 aliphatic rings. The second-order valence-corrected chi connectivity index (χ2v) is 6.80. The highest BCUT2D eigenvalue weighted by Crippen LogP contribution is 2.23. The Hall–Kier alpha value is -2.87. The molecule has 0 unspecified atom stereocenters. The minimum atomic E-state index is -3.97. The molecule has 0 atom stereocenters. The van der Waals surface area contributed by atoms with Crippen molar-refractivity contribution in [1.29, 1.82) is 0 Å². The summed E-state index contributed by atoms with van der Waals surface area (Å²) in [6, 6.07) is 10.6. The van der Waals surface area contributed by atoms with Crippen LogP contribution in [0.25, 0.3) is 11.0 Å². The summed E-state index contributed by atoms with van der Waals surface area (Å²) < 4.78 is 31.7. The smallest absolute Gasteiger partial charge is 0.339 e. The molecule has 0 saturated heterocycles. The molecule has 1 heterocycles. The van der Waals surface area contributed by atoms with Crippen molar-refractivity contribution in [2.45, 2.75) is 11.8 Å². The van der Waals surface area contributed by atoms with E-state index in [0.717, 1.165) is 5.52 Å². The number of rotatable bonds is 4. The Labute approximate surface area is 139 Å². The number of amides is 1. The van der Waals surface area contributed by atoms with Crippen LogP contribution in [0.2, 0.25) is 0 Å². The van der Waals surface area contributed by atoms with Crippen LogP contribution in [0.4, 0.5) is 5.69 Å². The molecule has 0 aliphatic carbocycles. The standard InChI is InChI=1S/C16H15N3O4S/c1-11(20)18-12-3-6-14(7-4-12)24(21,22)23-13-5-8-16-15(9-13)17-10-19(16)2/h3-10H,1-2H3,(H,18,20). The van der Waals surface area contributed by atoms with E-state index in [2.05, 4.69) is 10.3 Å². The summed E-state index contributed by atoms with van der Waals surface area (Å²) >= 11 is 0. The number of hydrogen-bond acceptors (Lipinski definition) is 5. The third-order valence-corrected chi connectivity index (χ3v) is 4.63. The molecule has 0 saturated carbocycles. The van der Waals surface area contributed by atoms with Crippen molar-refractivity contribution in [2.75, 3.05) is 5.32 Å². The van der Waals surface area contributed by atoms with E-state index in [1.54, 1.807) is 24.5 Å². The number of carbonyl (C=O) groups excluding carboxylic acids is 1. The maximum absolute atomic E-state index is 12.3. The molecule has 3 aromatic rings. The van der Waals surface area contributed by atoms with Gasteiger partial charge in [0.25, 0.3) is 0 Å². The molecule has 0 aliphatic heterocycles. The summed E-state index contributed by atoms with van der Waals surface area (Å²) in [5.41, 5.74) is 2.03. The van der Waals surface area contributed by atoms with Crippen molar-refractivity contribution in [3.05, 3.63) is 48.8 Å². The van der Waals surface area contributed by atoms with Gasteiger partial charge >= 0.3 is 10.1 Å². The lowest BCUT2D eigenvalue weighted by atomic mass is 10.3. The van der Waals surface area contributed by atoms with Gasteiger partial charge in [-0.15, -0.1) is 0 Å². The maximum Gasteiger partial charge on any atom is 0.339 e. The molecule has 1 aromatic heterocycles. The third kappa shape index (κ3) is 3.23. The minimum Gasteiger partial charge on any atom is -0.379 e. The number of carbonyl (C=O) groups is 1. The number of nitrogens with zero attached hydrogens (tertiary/aromatic N) is 2. The molecule has 7 nitrogen and oxygen atoms in total. The number of benzene rings is 2. The second-order valence-electron chi connectivity index (χ2n) is 5.25. The summed E-state index contributed by atoms with van der Waals surface area (Å²) in [6.07, 6.45) is 1.64. The number of hydrogen-bond donors (Lipinski definition) is 1. The fraction of sp³-hybridized carbons (Fsp3) is 0.125. The Morgan fingerprint density at radius 2 is 1.88 bits per heavy atom. The highest BCUT2D eigenvalue weighted by atomic mass is 32.2. The van der Waals surface area contributed by atoms with Crippen molar-refractivity contribution < 1.29 is 17.4 Å². The Kier molecular flexibility index (Phi) is 3.98. The highest BCUT2D eigenvalue weighted by Gasteiger charge is 2.17. The van der Waals surface area contributed by atoms with Crippen LogP contribution in [0.15, 0.2) is 53.7 Å². The van der Waals surface area contributed by atoms with E-state index in [0.29, 0.717) is 11.2 Å². The lowest BCUT2D eigenvalue weighted by Crippen LogP contribution is -2.10. The van der Waals surface area contributed by atoms with Gasteiger partial charge in [0.15, 0.2) is 0 Å². The molecule has 0 bridgehead atoms. The van der Waals surface area contributed by atoms with Crippen LogP contribution >= 0.6 is 0 Å². The van der Waals surface area contributed by atoms with E-state index in [9.17, 15) is 13.2 Å². The van der Waals surface area contributed by atoms with E-state index in [1.807, 2.05) is 11.6 Å². The van der Waals surface area contributed by atoms with E-state index in [-0.39, 0.29) is 16.6 Å². The lowest BCUT2D eigenvalue weighted by molar-refractivity contribution is -0.114. The Morgan fingerprint density at radius 3 is 2.54 bits per heavy atom. The fourth-order valence-electron chi connectivity index (χ4n) is 2.25. The molecule has 0 spiro atoms. The van der Waals surface area contributed by atoms with Gasteiger partial charge in [-0.1, -0.05) is 0 Å². The Morgan fingerprint density at radius 1 is 1.17 bits per heavy atom. The summed E-state index contributed by atoms with van der Waals surface area (Å²) in [5.74, 6) is -0.0438. The molecule has 2 aromatic carbocycles. The number of nitrogens with one attached hydrogen (secondary N) is 1. The molecular formula is C16H15N3O4S. The van der Waals surface area contributed by atoms with Crippen LogP contribution in [0.5, 0.6) is 5.75 Å². The Bertz CT molecular complexity index is 1010. The van der Waals surface area contributed by atoms with Gasteiger partial charge < -0.3 is 14.1 Å². The van der Waals surface area contributed by atoms with Crippen LogP contribution in [-0.2, 0) is 22.0 Å². The second kappa shape index (κ2) is 5.97. The molecule has 24 heavy (non-hydrogen) atoms. The summed E-state index contributed by atoms with van der Waals surface area (Å²) in [6.45, 7) is 1.38. The number of fused-ring (bicyclic) bond motifs is 1. The lowest BCUT2D eigenvalue weighted by Gasteiger charge is -2.08. The fourth-order valence-corrected chi connectivity index (χ4v) is 3.17. The number of imidazole rings is 1. The zero-order valence-corrected chi connectivity index (χ0v) is 13.9. The van der Waals surface area contributed by atoms with Crippen molar-refractivity contribution in [1.82, 2.24) is 9.55 Å². The number of aromatic nitrogens is 2. The summed E-state index contributed by atoms with van der Waals surface area (Å²) in [4.78, 5) is 15.1. The SMILES string of the molecule is CC(=O)Nc1ccc(S(=O)(=O)Oc2ccc3c(c2)ncn3C)cc1. The van der Waals surface area contributed by atoms with Gasteiger partial charge in [0, 0.05) is 25.7 Å². The molecule has 8 heteroatoms. The summed E-state index contributed by atoms with van der Waals surface area (Å²) in [5, 5.41) is 2.57. The van der Waals surface area contributed by atoms with E-state index in [4.69, 9.17) is 4.18 Å². The van der Waals surface area contributed by atoms with Gasteiger partial charge in [-0.2, -0.15) is 8.42 Å². The van der Waals surface area contributed by atoms with E-state index in [1.165, 1.54) is 31.2 Å². The average Bonchev–Trinajstić information content (AvgIpc) is 2.87. The third-order valence-electron chi connectivity index (χ3n) is 3.37. The summed E-state index contributed by atoms with van der Waals surface area (Å²) in [7, 11) is -2.12. The molecular weight excluding hydrogens is 330 g/mol. The predicted octanol–water partition coefficient (Wildman–Crippen LogP) is 2.30. The first-order valence-corrected chi connectivity index (χ1v) is 8.49. The number of aryl methyl sites for hydroxylation is 1. The van der Waals surface area contributed by atoms with Gasteiger partial charge in [0.1, 0.15) is 10.6 Å². The van der Waals surface area contributed by atoms with Crippen LogP contribution in [-0.4, -0.2) is 23.9 Å². The van der Waals surface area contributed by atoms with Crippen molar-refractivity contribution in [3.63, 3.8) is 0 Å². The van der Waals surface area contributed by atoms with Crippen molar-refractivity contribution in [3.8, 4) is 5.75 Å². The minimum absolute atomic E-state index is 0.00211.